The van der Waals surface area contributed by atoms with Crippen LogP contribution in [0.3, 0.4) is 0 Å². The molecule has 1 saturated carbocycles. The van der Waals surface area contributed by atoms with E-state index >= 15 is 0 Å². The molecular weight excluding hydrogens is 390 g/mol. The van der Waals surface area contributed by atoms with Crippen molar-refractivity contribution in [3.05, 3.63) is 65.2 Å². The second kappa shape index (κ2) is 9.96. The molecule has 0 radical (unpaired) electrons. The van der Waals surface area contributed by atoms with Crippen LogP contribution in [0.4, 0.5) is 10.5 Å². The molecule has 0 unspecified atom stereocenters. The van der Waals surface area contributed by atoms with Gasteiger partial charge in [0.25, 0.3) is 5.91 Å². The summed E-state index contributed by atoms with van der Waals surface area (Å²) in [7, 11) is 0. The maximum atomic E-state index is 12.6. The molecule has 0 bridgehead atoms. The van der Waals surface area contributed by atoms with Gasteiger partial charge in [0.15, 0.2) is 0 Å². The van der Waals surface area contributed by atoms with Crippen LogP contribution in [0.15, 0.2) is 48.5 Å². The van der Waals surface area contributed by atoms with Crippen molar-refractivity contribution in [1.82, 2.24) is 10.2 Å². The van der Waals surface area contributed by atoms with E-state index in [1.165, 1.54) is 43.2 Å². The SMILES string of the molecule is O=C(N[C@H](CO)CC1CCCCC1)c1ccc(NC(=O)N2Cc3ccccc3C2)cc1. The molecule has 1 heterocycles. The Morgan fingerprint density at radius 2 is 1.61 bits per heavy atom. The number of nitrogens with one attached hydrogen (secondary N) is 2. The zero-order chi connectivity index (χ0) is 21.6. The minimum atomic E-state index is -0.216. The van der Waals surface area contributed by atoms with E-state index in [-0.39, 0.29) is 24.6 Å². The van der Waals surface area contributed by atoms with E-state index in [0.717, 1.165) is 6.42 Å². The lowest BCUT2D eigenvalue weighted by molar-refractivity contribution is 0.0902. The van der Waals surface area contributed by atoms with Gasteiger partial charge in [-0.05, 0) is 47.7 Å². The van der Waals surface area contributed by atoms with Gasteiger partial charge in [-0.3, -0.25) is 4.79 Å². The lowest BCUT2D eigenvalue weighted by Crippen LogP contribution is -2.39. The van der Waals surface area contributed by atoms with Crippen molar-refractivity contribution >= 4 is 17.6 Å². The van der Waals surface area contributed by atoms with Gasteiger partial charge in [0.2, 0.25) is 0 Å². The van der Waals surface area contributed by atoms with Crippen molar-refractivity contribution in [2.75, 3.05) is 11.9 Å². The predicted octanol–water partition coefficient (Wildman–Crippen LogP) is 4.30. The summed E-state index contributed by atoms with van der Waals surface area (Å²) in [5, 5.41) is 15.6. The van der Waals surface area contributed by atoms with E-state index in [9.17, 15) is 14.7 Å². The van der Waals surface area contributed by atoms with Crippen molar-refractivity contribution in [3.8, 4) is 0 Å². The molecule has 3 amide bonds. The highest BCUT2D eigenvalue weighted by molar-refractivity contribution is 5.95. The normalized spacial score (nSPS) is 17.1. The third kappa shape index (κ3) is 5.44. The Morgan fingerprint density at radius 3 is 2.23 bits per heavy atom. The summed E-state index contributed by atoms with van der Waals surface area (Å²) in [5.41, 5.74) is 3.53. The fraction of sp³-hybridized carbons (Fsp3) is 0.440. The highest BCUT2D eigenvalue weighted by Crippen LogP contribution is 2.27. The largest absolute Gasteiger partial charge is 0.394 e. The number of benzene rings is 2. The third-order valence-corrected chi connectivity index (χ3v) is 6.42. The number of rotatable bonds is 6. The van der Waals surface area contributed by atoms with Crippen molar-refractivity contribution in [3.63, 3.8) is 0 Å². The Morgan fingerprint density at radius 1 is 0.968 bits per heavy atom. The highest BCUT2D eigenvalue weighted by atomic mass is 16.3. The Kier molecular flexibility index (Phi) is 6.87. The van der Waals surface area contributed by atoms with E-state index in [1.54, 1.807) is 29.2 Å². The van der Waals surface area contributed by atoms with Gasteiger partial charge in [-0.1, -0.05) is 56.4 Å². The molecule has 0 aromatic heterocycles. The van der Waals surface area contributed by atoms with Crippen LogP contribution in [0.25, 0.3) is 0 Å². The zero-order valence-corrected chi connectivity index (χ0v) is 17.8. The molecule has 4 rings (SSSR count). The van der Waals surface area contributed by atoms with Crippen LogP contribution >= 0.6 is 0 Å². The van der Waals surface area contributed by atoms with E-state index in [4.69, 9.17) is 0 Å². The monoisotopic (exact) mass is 421 g/mol. The average Bonchev–Trinajstić information content (AvgIpc) is 3.24. The number of aliphatic hydroxyl groups excluding tert-OH is 1. The van der Waals surface area contributed by atoms with Crippen molar-refractivity contribution in [1.29, 1.82) is 0 Å². The first kappa shape index (κ1) is 21.4. The Labute approximate surface area is 183 Å². The van der Waals surface area contributed by atoms with E-state index in [1.807, 2.05) is 24.3 Å². The van der Waals surface area contributed by atoms with Gasteiger partial charge in [0.1, 0.15) is 0 Å². The quantitative estimate of drug-likeness (QED) is 0.651. The van der Waals surface area contributed by atoms with Crippen molar-refractivity contribution in [2.45, 2.75) is 57.7 Å². The van der Waals surface area contributed by atoms with Gasteiger partial charge >= 0.3 is 6.03 Å². The molecule has 31 heavy (non-hydrogen) atoms. The summed E-state index contributed by atoms with van der Waals surface area (Å²) in [4.78, 5) is 27.0. The first-order chi connectivity index (χ1) is 15.1. The van der Waals surface area contributed by atoms with Crippen LogP contribution in [-0.2, 0) is 13.1 Å². The van der Waals surface area contributed by atoms with Crippen LogP contribution < -0.4 is 10.6 Å². The smallest absolute Gasteiger partial charge is 0.322 e. The van der Waals surface area contributed by atoms with Gasteiger partial charge in [-0.2, -0.15) is 0 Å². The molecule has 6 heteroatoms. The van der Waals surface area contributed by atoms with Crippen LogP contribution in [0, 0.1) is 5.92 Å². The topological polar surface area (TPSA) is 81.7 Å². The molecule has 0 saturated heterocycles. The highest BCUT2D eigenvalue weighted by Gasteiger charge is 2.23. The third-order valence-electron chi connectivity index (χ3n) is 6.42. The first-order valence-corrected chi connectivity index (χ1v) is 11.3. The molecule has 3 N–H and O–H groups in total. The maximum absolute atomic E-state index is 12.6. The molecule has 1 atom stereocenters. The van der Waals surface area contributed by atoms with Crippen LogP contribution in [-0.4, -0.2) is 34.6 Å². The lowest BCUT2D eigenvalue weighted by atomic mass is 9.85. The summed E-state index contributed by atoms with van der Waals surface area (Å²) in [6.07, 6.45) is 6.97. The zero-order valence-electron chi connectivity index (χ0n) is 17.8. The van der Waals surface area contributed by atoms with E-state index < -0.39 is 0 Å². The number of hydrogen-bond acceptors (Lipinski definition) is 3. The van der Waals surface area contributed by atoms with Gasteiger partial charge in [0, 0.05) is 24.3 Å². The van der Waals surface area contributed by atoms with Crippen LogP contribution in [0.5, 0.6) is 0 Å². The number of anilines is 1. The number of hydrogen-bond donors (Lipinski definition) is 3. The molecule has 6 nitrogen and oxygen atoms in total. The van der Waals surface area contributed by atoms with Gasteiger partial charge in [0.05, 0.1) is 12.6 Å². The summed E-state index contributed by atoms with van der Waals surface area (Å²) >= 11 is 0. The number of urea groups is 1. The number of carbonyl (C=O) groups is 2. The minimum Gasteiger partial charge on any atom is -0.394 e. The molecule has 164 valence electrons. The predicted molar refractivity (Wildman–Crippen MR) is 121 cm³/mol. The number of amides is 3. The molecule has 1 aliphatic heterocycles. The van der Waals surface area contributed by atoms with Crippen molar-refractivity contribution < 1.29 is 14.7 Å². The maximum Gasteiger partial charge on any atom is 0.322 e. The first-order valence-electron chi connectivity index (χ1n) is 11.3. The number of aliphatic hydroxyl groups is 1. The summed E-state index contributed by atoms with van der Waals surface area (Å²) in [5.74, 6) is 0.392. The van der Waals surface area contributed by atoms with Gasteiger partial charge in [-0.15, -0.1) is 0 Å². The van der Waals surface area contributed by atoms with Crippen LogP contribution in [0.1, 0.15) is 60.0 Å². The molecular formula is C25H31N3O3. The average molecular weight is 422 g/mol. The minimum absolute atomic E-state index is 0.0470. The molecule has 2 aliphatic rings. The summed E-state index contributed by atoms with van der Waals surface area (Å²) in [6, 6.07) is 14.6. The fourth-order valence-corrected chi connectivity index (χ4v) is 4.66. The van der Waals surface area contributed by atoms with Gasteiger partial charge < -0.3 is 20.6 Å². The number of nitrogens with zero attached hydrogens (tertiary/aromatic N) is 1. The molecule has 1 aliphatic carbocycles. The summed E-state index contributed by atoms with van der Waals surface area (Å²) < 4.78 is 0. The van der Waals surface area contributed by atoms with E-state index in [2.05, 4.69) is 10.6 Å². The summed E-state index contributed by atoms with van der Waals surface area (Å²) in [6.45, 7) is 1.16. The van der Waals surface area contributed by atoms with E-state index in [0.29, 0.717) is 30.3 Å². The fourth-order valence-electron chi connectivity index (χ4n) is 4.66. The second-order valence-electron chi connectivity index (χ2n) is 8.72. The Hall–Kier alpha value is -2.86. The number of carbonyl (C=O) groups excluding carboxylic acids is 2. The Balaban J connectivity index is 1.29. The molecule has 0 spiro atoms. The standard InChI is InChI=1S/C25H31N3O3/c29-17-23(14-18-6-2-1-3-7-18)26-24(30)19-10-12-22(13-11-19)27-25(31)28-15-20-8-4-5-9-21(20)16-28/h4-5,8-13,18,23,29H,1-3,6-7,14-17H2,(H,26,30)(H,27,31)/t23-/m0/s1. The molecule has 2 aromatic rings. The van der Waals surface area contributed by atoms with Gasteiger partial charge in [-0.25, -0.2) is 4.79 Å². The molecule has 1 fully saturated rings. The van der Waals surface area contributed by atoms with Crippen LogP contribution in [0.2, 0.25) is 0 Å². The molecule has 2 aromatic carbocycles. The number of fused-ring (bicyclic) bond motifs is 1. The lowest BCUT2D eigenvalue weighted by Gasteiger charge is -2.26. The Bertz CT molecular complexity index is 881. The second-order valence-corrected chi connectivity index (χ2v) is 8.72. The van der Waals surface area contributed by atoms with Crippen molar-refractivity contribution in [2.24, 2.45) is 5.92 Å².